The number of aromatic nitrogens is 1. The minimum absolute atomic E-state index is 0.0173. The molecule has 3 N–H and O–H groups in total. The fourth-order valence-corrected chi connectivity index (χ4v) is 8.16. The number of β-lactam (4-membered cyclic amide) rings is 1. The molecule has 1 aromatic heterocycles. The lowest BCUT2D eigenvalue weighted by atomic mass is 9.79. The summed E-state index contributed by atoms with van der Waals surface area (Å²) in [6.07, 6.45) is -1.94. The van der Waals surface area contributed by atoms with E-state index in [2.05, 4.69) is 10.3 Å². The van der Waals surface area contributed by atoms with Gasteiger partial charge in [0.1, 0.15) is 11.4 Å². The lowest BCUT2D eigenvalue weighted by Crippen LogP contribution is -2.63. The van der Waals surface area contributed by atoms with Crippen LogP contribution in [0.25, 0.3) is 0 Å². The molecule has 42 heavy (non-hydrogen) atoms. The fourth-order valence-electron chi connectivity index (χ4n) is 5.82. The second kappa shape index (κ2) is 11.7. The van der Waals surface area contributed by atoms with E-state index in [9.17, 15) is 34.2 Å². The molecule has 3 amide bonds. The molecular formula is C26H33N5O9S2. The number of nitrogens with zero attached hydrogens (tertiary/aromatic N) is 4. The third kappa shape index (κ3) is 5.66. The van der Waals surface area contributed by atoms with Gasteiger partial charge in [-0.2, -0.15) is 0 Å². The van der Waals surface area contributed by atoms with Gasteiger partial charge in [0.05, 0.1) is 18.1 Å². The molecule has 14 nitrogen and oxygen atoms in total. The molecule has 5 rings (SSSR count). The molecule has 1 unspecified atom stereocenters. The summed E-state index contributed by atoms with van der Waals surface area (Å²) < 4.78 is 9.90. The highest BCUT2D eigenvalue weighted by Crippen LogP contribution is 2.52. The maximum absolute atomic E-state index is 12.8. The first-order valence-corrected chi connectivity index (χ1v) is 15.4. The number of fused-ring (bicyclic) bond motifs is 1. The van der Waals surface area contributed by atoms with E-state index in [1.54, 1.807) is 12.3 Å². The van der Waals surface area contributed by atoms with Crippen LogP contribution in [0.4, 0.5) is 9.93 Å². The Labute approximate surface area is 250 Å². The molecule has 0 bridgehead atoms. The number of carboxylic acids is 1. The number of thiazole rings is 1. The van der Waals surface area contributed by atoms with Gasteiger partial charge in [-0.15, -0.1) is 23.1 Å². The van der Waals surface area contributed by atoms with Gasteiger partial charge in [0.2, 0.25) is 12.2 Å². The molecule has 16 heteroatoms. The van der Waals surface area contributed by atoms with E-state index in [0.717, 1.165) is 0 Å². The number of rotatable bonds is 9. The first-order chi connectivity index (χ1) is 19.8. The standard InChI is InChI=1S/C26H33N5O9S2/c1-11-19-18(12(2)32)23(35)31(19)20(24(36)37)21(11)42-16-8-30(9-16)25-28-17(10-41-25)22(34)27-15-5-6-29(7-15)26(38)40-14(4)39-13(3)33/h10-12,14-16,18-19,32H,5-9H2,1-4H3,(H,27,34)(H,36,37)/t11-,12-,14?,15+,18-,19-/m1/s1. The molecule has 0 saturated carbocycles. The summed E-state index contributed by atoms with van der Waals surface area (Å²) >= 11 is 2.79. The number of hydrogen-bond donors (Lipinski definition) is 3. The smallest absolute Gasteiger partial charge is 0.412 e. The lowest BCUT2D eigenvalue weighted by Gasteiger charge is -2.46. The summed E-state index contributed by atoms with van der Waals surface area (Å²) in [5.74, 6) is -3.18. The molecule has 4 aliphatic rings. The van der Waals surface area contributed by atoms with Gasteiger partial charge in [0.25, 0.3) is 5.91 Å². The van der Waals surface area contributed by atoms with Crippen LogP contribution >= 0.6 is 23.1 Å². The third-order valence-corrected chi connectivity index (χ3v) is 10.2. The highest BCUT2D eigenvalue weighted by atomic mass is 32.2. The van der Waals surface area contributed by atoms with Gasteiger partial charge < -0.3 is 39.7 Å². The molecule has 1 aromatic rings. The van der Waals surface area contributed by atoms with Crippen molar-refractivity contribution in [3.8, 4) is 0 Å². The summed E-state index contributed by atoms with van der Waals surface area (Å²) in [7, 11) is 0. The highest BCUT2D eigenvalue weighted by molar-refractivity contribution is 8.03. The van der Waals surface area contributed by atoms with Gasteiger partial charge in [-0.3, -0.25) is 14.4 Å². The SMILES string of the molecule is CC(=O)OC(C)OC(=O)N1CC[C@H](NC(=O)c2csc(N3CC(SC4=C(C(=O)O)N5C(=O)[C@H]([C@@H](C)O)[C@H]5[C@H]4C)C3)n2)C1. The molecule has 5 heterocycles. The van der Waals surface area contributed by atoms with Crippen molar-refractivity contribution in [2.45, 2.75) is 63.8 Å². The number of likely N-dealkylation sites (tertiary alicyclic amines) is 1. The Morgan fingerprint density at radius 1 is 1.19 bits per heavy atom. The lowest BCUT2D eigenvalue weighted by molar-refractivity contribution is -0.163. The largest absolute Gasteiger partial charge is 0.477 e. The number of hydrogen-bond acceptors (Lipinski definition) is 12. The quantitative estimate of drug-likeness (QED) is 0.203. The van der Waals surface area contributed by atoms with E-state index in [4.69, 9.17) is 9.47 Å². The Bertz CT molecular complexity index is 1330. The summed E-state index contributed by atoms with van der Waals surface area (Å²) in [5.41, 5.74) is 0.284. The average Bonchev–Trinajstić information content (AvgIpc) is 3.58. The number of esters is 1. The zero-order valence-corrected chi connectivity index (χ0v) is 25.1. The molecule has 0 radical (unpaired) electrons. The van der Waals surface area contributed by atoms with Gasteiger partial charge in [0, 0.05) is 67.5 Å². The number of carbonyl (C=O) groups excluding carboxylic acids is 4. The van der Waals surface area contributed by atoms with Crippen molar-refractivity contribution in [1.82, 2.24) is 20.1 Å². The molecule has 3 saturated heterocycles. The number of carbonyl (C=O) groups is 5. The van der Waals surface area contributed by atoms with E-state index in [1.807, 2.05) is 11.8 Å². The predicted octanol–water partition coefficient (Wildman–Crippen LogP) is 1.07. The zero-order valence-electron chi connectivity index (χ0n) is 23.5. The Kier molecular flexibility index (Phi) is 8.40. The van der Waals surface area contributed by atoms with Gasteiger partial charge in [0.15, 0.2) is 5.13 Å². The van der Waals surface area contributed by atoms with Crippen LogP contribution in [0.15, 0.2) is 16.0 Å². The minimum Gasteiger partial charge on any atom is -0.477 e. The van der Waals surface area contributed by atoms with Crippen LogP contribution in [0.5, 0.6) is 0 Å². The minimum atomic E-state index is -1.14. The van der Waals surface area contributed by atoms with E-state index in [1.165, 1.54) is 46.7 Å². The van der Waals surface area contributed by atoms with Crippen molar-refractivity contribution in [2.75, 3.05) is 31.1 Å². The number of aliphatic hydroxyl groups excluding tert-OH is 1. The molecule has 0 aliphatic carbocycles. The normalized spacial score (nSPS) is 26.8. The first kappa shape index (κ1) is 30.1. The Morgan fingerprint density at radius 2 is 1.90 bits per heavy atom. The van der Waals surface area contributed by atoms with Crippen molar-refractivity contribution in [3.05, 3.63) is 21.7 Å². The van der Waals surface area contributed by atoms with Crippen molar-refractivity contribution < 1.29 is 43.7 Å². The van der Waals surface area contributed by atoms with Crippen LogP contribution in [0.1, 0.15) is 44.6 Å². The Balaban J connectivity index is 1.11. The number of thioether (sulfide) groups is 1. The van der Waals surface area contributed by atoms with Gasteiger partial charge in [-0.05, 0) is 13.3 Å². The van der Waals surface area contributed by atoms with Crippen molar-refractivity contribution in [2.24, 2.45) is 11.8 Å². The Hall–Kier alpha value is -3.37. The van der Waals surface area contributed by atoms with E-state index in [0.29, 0.717) is 36.1 Å². The molecule has 3 fully saturated rings. The molecular weight excluding hydrogens is 590 g/mol. The summed E-state index contributed by atoms with van der Waals surface area (Å²) in [5, 5.41) is 25.2. The summed E-state index contributed by atoms with van der Waals surface area (Å²) in [6.45, 7) is 7.98. The number of anilines is 1. The topological polar surface area (TPSA) is 179 Å². The number of aliphatic hydroxyl groups is 1. The number of amides is 3. The average molecular weight is 624 g/mol. The van der Waals surface area contributed by atoms with Crippen molar-refractivity contribution in [3.63, 3.8) is 0 Å². The van der Waals surface area contributed by atoms with Crippen LogP contribution in [0.3, 0.4) is 0 Å². The van der Waals surface area contributed by atoms with Crippen LogP contribution in [-0.2, 0) is 23.9 Å². The third-order valence-electron chi connectivity index (χ3n) is 7.83. The molecule has 6 atom stereocenters. The van der Waals surface area contributed by atoms with Crippen LogP contribution in [0, 0.1) is 11.8 Å². The molecule has 0 aromatic carbocycles. The highest BCUT2D eigenvalue weighted by Gasteiger charge is 2.60. The molecule has 4 aliphatic heterocycles. The van der Waals surface area contributed by atoms with Gasteiger partial charge in [-0.1, -0.05) is 6.92 Å². The van der Waals surface area contributed by atoms with Gasteiger partial charge >= 0.3 is 18.0 Å². The number of ether oxygens (including phenoxy) is 2. The maximum atomic E-state index is 12.8. The van der Waals surface area contributed by atoms with Crippen molar-refractivity contribution in [1.29, 1.82) is 0 Å². The van der Waals surface area contributed by atoms with Crippen LogP contribution in [-0.4, -0.2) is 111 Å². The van der Waals surface area contributed by atoms with E-state index < -0.39 is 36.3 Å². The molecule has 228 valence electrons. The predicted molar refractivity (Wildman–Crippen MR) is 150 cm³/mol. The second-order valence-corrected chi connectivity index (χ2v) is 13.1. The molecule has 0 spiro atoms. The Morgan fingerprint density at radius 3 is 2.55 bits per heavy atom. The number of aliphatic carboxylic acids is 1. The van der Waals surface area contributed by atoms with Crippen LogP contribution in [0.2, 0.25) is 0 Å². The van der Waals surface area contributed by atoms with E-state index >= 15 is 0 Å². The summed E-state index contributed by atoms with van der Waals surface area (Å²) in [6, 6.07) is -0.621. The van der Waals surface area contributed by atoms with Crippen molar-refractivity contribution >= 4 is 58.1 Å². The fraction of sp³-hybridized carbons (Fsp3) is 0.615. The van der Waals surface area contributed by atoms with Crippen LogP contribution < -0.4 is 10.2 Å². The first-order valence-electron chi connectivity index (χ1n) is 13.6. The second-order valence-electron chi connectivity index (χ2n) is 10.9. The monoisotopic (exact) mass is 623 g/mol. The number of nitrogens with one attached hydrogen (secondary N) is 1. The maximum Gasteiger partial charge on any atom is 0.412 e. The summed E-state index contributed by atoms with van der Waals surface area (Å²) in [4.78, 5) is 70.6. The van der Waals surface area contributed by atoms with Gasteiger partial charge in [-0.25, -0.2) is 14.6 Å². The number of carboxylic acid groups (broad SMARTS) is 1. The zero-order chi connectivity index (χ0) is 30.5. The van der Waals surface area contributed by atoms with E-state index in [-0.39, 0.29) is 53.0 Å².